The number of amides is 3. The third-order valence-electron chi connectivity index (χ3n) is 5.45. The van der Waals surface area contributed by atoms with E-state index in [0.717, 1.165) is 12.8 Å². The first kappa shape index (κ1) is 32.0. The second kappa shape index (κ2) is 14.1. The fraction of sp³-hybridized carbons (Fsp3) is 0.633. The van der Waals surface area contributed by atoms with Crippen molar-refractivity contribution in [3.8, 4) is 12.3 Å². The highest BCUT2D eigenvalue weighted by molar-refractivity contribution is 5.92. The van der Waals surface area contributed by atoms with Gasteiger partial charge in [0.2, 0.25) is 11.8 Å². The van der Waals surface area contributed by atoms with Gasteiger partial charge in [-0.15, -0.1) is 6.42 Å². The zero-order chi connectivity index (χ0) is 28.4. The number of hydrogen-bond acceptors (Lipinski definition) is 4. The van der Waals surface area contributed by atoms with Gasteiger partial charge in [-0.1, -0.05) is 57.7 Å². The Hall–Kier alpha value is -3.01. The molecule has 206 valence electrons. The van der Waals surface area contributed by atoms with Gasteiger partial charge in [0.1, 0.15) is 17.7 Å². The van der Waals surface area contributed by atoms with Crippen molar-refractivity contribution in [1.82, 2.24) is 15.5 Å². The summed E-state index contributed by atoms with van der Waals surface area (Å²) in [4.78, 5) is 42.2. The van der Waals surface area contributed by atoms with Crippen LogP contribution in [-0.2, 0) is 14.3 Å². The van der Waals surface area contributed by atoms with Crippen LogP contribution in [0.5, 0.6) is 0 Å². The van der Waals surface area contributed by atoms with Crippen LogP contribution >= 0.6 is 0 Å². The summed E-state index contributed by atoms with van der Waals surface area (Å²) in [5.41, 5.74) is -0.107. The number of carbonyl (C=O) groups is 3. The predicted octanol–water partition coefficient (Wildman–Crippen LogP) is 5.58. The monoisotopic (exact) mass is 513 g/mol. The lowest BCUT2D eigenvalue weighted by atomic mass is 9.95. The van der Waals surface area contributed by atoms with E-state index in [1.807, 2.05) is 46.8 Å². The SMILES string of the molecule is C#Cc1ccccc1C(C(=O)NC(C)(C)C)N(CCCCC)C(=O)C(CC(C)C)NC(=O)OC(C)(C)C. The van der Waals surface area contributed by atoms with Crippen molar-refractivity contribution in [2.75, 3.05) is 6.54 Å². The predicted molar refractivity (Wildman–Crippen MR) is 149 cm³/mol. The third kappa shape index (κ3) is 11.3. The van der Waals surface area contributed by atoms with Crippen LogP contribution in [0.1, 0.15) is 105 Å². The van der Waals surface area contributed by atoms with E-state index in [4.69, 9.17) is 11.2 Å². The molecule has 1 rings (SSSR count). The average Bonchev–Trinajstić information content (AvgIpc) is 2.75. The first-order chi connectivity index (χ1) is 17.1. The number of nitrogens with one attached hydrogen (secondary N) is 2. The fourth-order valence-electron chi connectivity index (χ4n) is 4.00. The first-order valence-electron chi connectivity index (χ1n) is 13.3. The summed E-state index contributed by atoms with van der Waals surface area (Å²) in [7, 11) is 0. The van der Waals surface area contributed by atoms with Crippen molar-refractivity contribution in [1.29, 1.82) is 0 Å². The Labute approximate surface area is 224 Å². The second-order valence-corrected chi connectivity index (χ2v) is 11.9. The third-order valence-corrected chi connectivity index (χ3v) is 5.45. The molecule has 0 bridgehead atoms. The molecule has 7 nitrogen and oxygen atoms in total. The number of nitrogens with zero attached hydrogens (tertiary/aromatic N) is 1. The number of hydrogen-bond donors (Lipinski definition) is 2. The molecule has 0 aliphatic rings. The molecule has 0 aromatic heterocycles. The maximum atomic E-state index is 14.2. The number of terminal acetylenes is 1. The molecule has 0 aliphatic carbocycles. The summed E-state index contributed by atoms with van der Waals surface area (Å²) in [6, 6.07) is 5.37. The van der Waals surface area contributed by atoms with Gasteiger partial charge in [0.15, 0.2) is 0 Å². The minimum absolute atomic E-state index is 0.112. The van der Waals surface area contributed by atoms with Crippen LogP contribution in [0.25, 0.3) is 0 Å². The van der Waals surface area contributed by atoms with Crippen molar-refractivity contribution in [3.63, 3.8) is 0 Å². The van der Waals surface area contributed by atoms with Crippen LogP contribution in [0.4, 0.5) is 4.79 Å². The van der Waals surface area contributed by atoms with Crippen molar-refractivity contribution >= 4 is 17.9 Å². The fourth-order valence-corrected chi connectivity index (χ4v) is 4.00. The maximum absolute atomic E-state index is 14.2. The summed E-state index contributed by atoms with van der Waals surface area (Å²) < 4.78 is 5.45. The van der Waals surface area contributed by atoms with Crippen molar-refractivity contribution in [2.24, 2.45) is 5.92 Å². The van der Waals surface area contributed by atoms with Gasteiger partial charge >= 0.3 is 6.09 Å². The van der Waals surface area contributed by atoms with E-state index in [2.05, 4.69) is 23.5 Å². The number of carbonyl (C=O) groups excluding carboxylic acids is 3. The highest BCUT2D eigenvalue weighted by atomic mass is 16.6. The molecule has 2 atom stereocenters. The summed E-state index contributed by atoms with van der Waals surface area (Å²) in [6.07, 6.45) is 8.09. The second-order valence-electron chi connectivity index (χ2n) is 11.9. The van der Waals surface area contributed by atoms with E-state index < -0.39 is 29.3 Å². The Morgan fingerprint density at radius 2 is 1.68 bits per heavy atom. The van der Waals surface area contributed by atoms with E-state index in [-0.39, 0.29) is 17.7 Å². The number of ether oxygens (including phenoxy) is 1. The van der Waals surface area contributed by atoms with E-state index in [0.29, 0.717) is 30.5 Å². The van der Waals surface area contributed by atoms with E-state index in [1.165, 1.54) is 0 Å². The molecule has 3 amide bonds. The maximum Gasteiger partial charge on any atom is 0.408 e. The van der Waals surface area contributed by atoms with E-state index >= 15 is 0 Å². The van der Waals surface area contributed by atoms with Crippen LogP contribution < -0.4 is 10.6 Å². The lowest BCUT2D eigenvalue weighted by Crippen LogP contribution is -2.55. The standard InChI is InChI=1S/C30H47N3O4/c1-11-13-16-19-33(27(35)24(20-21(3)4)31-28(36)37-30(8,9)10)25(26(34)32-29(5,6)7)23-18-15-14-17-22(23)12-2/h2,14-15,17-18,21,24-25H,11,13,16,19-20H2,1,3-10H3,(H,31,36)(H,32,34). The van der Waals surface area contributed by atoms with Gasteiger partial charge in [-0.05, 0) is 71.9 Å². The van der Waals surface area contributed by atoms with Gasteiger partial charge in [0.05, 0.1) is 0 Å². The van der Waals surface area contributed by atoms with Gasteiger partial charge < -0.3 is 20.3 Å². The quantitative estimate of drug-likeness (QED) is 0.299. The number of rotatable bonds is 11. The molecule has 1 aromatic carbocycles. The smallest absolute Gasteiger partial charge is 0.408 e. The van der Waals surface area contributed by atoms with Gasteiger partial charge in [-0.2, -0.15) is 0 Å². The van der Waals surface area contributed by atoms with Crippen molar-refractivity contribution < 1.29 is 19.1 Å². The molecule has 37 heavy (non-hydrogen) atoms. The summed E-state index contributed by atoms with van der Waals surface area (Å²) in [5, 5.41) is 5.81. The van der Waals surface area contributed by atoms with Crippen LogP contribution in [-0.4, -0.2) is 46.5 Å². The Balaban J connectivity index is 3.61. The Morgan fingerprint density at radius 1 is 1.05 bits per heavy atom. The summed E-state index contributed by atoms with van der Waals surface area (Å²) in [5.74, 6) is 2.12. The van der Waals surface area contributed by atoms with Crippen LogP contribution in [0.15, 0.2) is 24.3 Å². The largest absolute Gasteiger partial charge is 0.444 e. The molecule has 0 spiro atoms. The molecule has 0 heterocycles. The Kier molecular flexibility index (Phi) is 12.2. The molecule has 7 heteroatoms. The lowest BCUT2D eigenvalue weighted by molar-refractivity contribution is -0.143. The van der Waals surface area contributed by atoms with Crippen LogP contribution in [0.2, 0.25) is 0 Å². The van der Waals surface area contributed by atoms with Crippen molar-refractivity contribution in [2.45, 2.75) is 111 Å². The molecule has 2 N–H and O–H groups in total. The van der Waals surface area contributed by atoms with E-state index in [9.17, 15) is 14.4 Å². The molecular formula is C30H47N3O4. The summed E-state index contributed by atoms with van der Waals surface area (Å²) in [6.45, 7) is 17.4. The van der Waals surface area contributed by atoms with Crippen molar-refractivity contribution in [3.05, 3.63) is 35.4 Å². The Morgan fingerprint density at radius 3 is 2.19 bits per heavy atom. The molecule has 0 saturated carbocycles. The molecule has 1 aromatic rings. The molecule has 0 saturated heterocycles. The minimum atomic E-state index is -0.953. The highest BCUT2D eigenvalue weighted by Gasteiger charge is 2.38. The van der Waals surface area contributed by atoms with Gasteiger partial charge in [-0.25, -0.2) is 4.79 Å². The molecule has 0 radical (unpaired) electrons. The zero-order valence-corrected chi connectivity index (χ0v) is 24.2. The van der Waals surface area contributed by atoms with Crippen LogP contribution in [0.3, 0.4) is 0 Å². The van der Waals surface area contributed by atoms with Gasteiger partial charge in [0.25, 0.3) is 0 Å². The van der Waals surface area contributed by atoms with Gasteiger partial charge in [-0.3, -0.25) is 9.59 Å². The topological polar surface area (TPSA) is 87.7 Å². The normalized spacial score (nSPS) is 13.3. The molecule has 0 fully saturated rings. The average molecular weight is 514 g/mol. The Bertz CT molecular complexity index is 951. The number of alkyl carbamates (subject to hydrolysis) is 1. The molecule has 2 unspecified atom stereocenters. The van der Waals surface area contributed by atoms with Gasteiger partial charge in [0, 0.05) is 17.6 Å². The van der Waals surface area contributed by atoms with E-state index in [1.54, 1.807) is 37.8 Å². The number of benzene rings is 1. The lowest BCUT2D eigenvalue weighted by Gasteiger charge is -2.36. The molecule has 0 aliphatic heterocycles. The highest BCUT2D eigenvalue weighted by Crippen LogP contribution is 2.28. The zero-order valence-electron chi connectivity index (χ0n) is 24.2. The number of unbranched alkanes of at least 4 members (excludes halogenated alkanes) is 2. The van der Waals surface area contributed by atoms with Crippen LogP contribution in [0, 0.1) is 18.3 Å². The first-order valence-corrected chi connectivity index (χ1v) is 13.3. The summed E-state index contributed by atoms with van der Waals surface area (Å²) >= 11 is 0. The molecular weight excluding hydrogens is 466 g/mol. The minimum Gasteiger partial charge on any atom is -0.444 e.